The van der Waals surface area contributed by atoms with Crippen LogP contribution in [0, 0.1) is 29.9 Å². The van der Waals surface area contributed by atoms with Gasteiger partial charge in [-0.05, 0) is 63.6 Å². The van der Waals surface area contributed by atoms with Gasteiger partial charge in [0.25, 0.3) is 0 Å². The number of aromatic nitrogens is 2. The molecular formula is C23H25F2N3O3. The molecule has 0 unspecified atom stereocenters. The number of aryl methyl sites for hydroxylation is 1. The zero-order valence-corrected chi connectivity index (χ0v) is 17.6. The van der Waals surface area contributed by atoms with Crippen molar-refractivity contribution < 1.29 is 23.5 Å². The minimum atomic E-state index is -1.12. The molecule has 1 aromatic carbocycles. The van der Waals surface area contributed by atoms with Gasteiger partial charge >= 0.3 is 0 Å². The van der Waals surface area contributed by atoms with Gasteiger partial charge in [-0.1, -0.05) is 0 Å². The predicted octanol–water partition coefficient (Wildman–Crippen LogP) is 3.61. The molecule has 1 amide bonds. The van der Waals surface area contributed by atoms with E-state index in [1.54, 1.807) is 19.9 Å². The Labute approximate surface area is 179 Å². The first kappa shape index (κ1) is 21.5. The Morgan fingerprint density at radius 1 is 1.26 bits per heavy atom. The van der Waals surface area contributed by atoms with Gasteiger partial charge in [0.2, 0.25) is 5.91 Å². The zero-order valence-electron chi connectivity index (χ0n) is 17.6. The highest BCUT2D eigenvalue weighted by atomic mass is 19.1. The minimum absolute atomic E-state index is 0.155. The number of Topliss-reactive ketones (excluding diaryl/α,β-unsaturated/α-hetero) is 1. The van der Waals surface area contributed by atoms with Gasteiger partial charge in [0, 0.05) is 30.9 Å². The van der Waals surface area contributed by atoms with Crippen LogP contribution in [0.2, 0.25) is 0 Å². The second-order valence-electron chi connectivity index (χ2n) is 9.18. The van der Waals surface area contributed by atoms with E-state index >= 15 is 0 Å². The lowest BCUT2D eigenvalue weighted by molar-refractivity contribution is -0.135. The highest BCUT2D eigenvalue weighted by Crippen LogP contribution is 2.52. The summed E-state index contributed by atoms with van der Waals surface area (Å²) in [4.78, 5) is 35.7. The first-order chi connectivity index (χ1) is 14.6. The van der Waals surface area contributed by atoms with Crippen molar-refractivity contribution in [1.82, 2.24) is 9.97 Å². The van der Waals surface area contributed by atoms with Gasteiger partial charge in [0.05, 0.1) is 11.0 Å². The smallest absolute Gasteiger partial charge is 0.233 e. The molecule has 1 spiro atoms. The molecule has 8 heteroatoms. The standard InChI is InChI=1S/C23H25F2N3O3/c1-14-26-5-3-19(27-14)20(29)7-15-11-22(2,31)13-23(12-15)4-6-28(21(23)30)18-9-16(24)8-17(25)10-18/h3,5,8-10,15,31H,4,6-7,11-13H2,1-2H3/t15-,22+,23-/m1/s1. The minimum Gasteiger partial charge on any atom is -0.390 e. The van der Waals surface area contributed by atoms with Crippen molar-refractivity contribution in [3.63, 3.8) is 0 Å². The van der Waals surface area contributed by atoms with Crippen LogP contribution in [0.25, 0.3) is 0 Å². The fraction of sp³-hybridized carbons (Fsp3) is 0.478. The fourth-order valence-electron chi connectivity index (χ4n) is 5.36. The first-order valence-corrected chi connectivity index (χ1v) is 10.4. The predicted molar refractivity (Wildman–Crippen MR) is 109 cm³/mol. The molecule has 164 valence electrons. The summed E-state index contributed by atoms with van der Waals surface area (Å²) in [5.74, 6) is -1.61. The number of anilines is 1. The summed E-state index contributed by atoms with van der Waals surface area (Å²) >= 11 is 0. The monoisotopic (exact) mass is 429 g/mol. The van der Waals surface area contributed by atoms with Crippen LogP contribution in [0.15, 0.2) is 30.5 Å². The number of hydrogen-bond donors (Lipinski definition) is 1. The van der Waals surface area contributed by atoms with E-state index in [1.165, 1.54) is 11.1 Å². The Hall–Kier alpha value is -2.74. The highest BCUT2D eigenvalue weighted by Gasteiger charge is 2.54. The second-order valence-corrected chi connectivity index (χ2v) is 9.18. The van der Waals surface area contributed by atoms with E-state index in [9.17, 15) is 23.5 Å². The van der Waals surface area contributed by atoms with E-state index in [0.29, 0.717) is 37.3 Å². The highest BCUT2D eigenvalue weighted by molar-refractivity contribution is 6.00. The largest absolute Gasteiger partial charge is 0.390 e. The molecule has 1 saturated carbocycles. The molecule has 4 rings (SSSR count). The Morgan fingerprint density at radius 3 is 2.65 bits per heavy atom. The van der Waals surface area contributed by atoms with Gasteiger partial charge in [-0.15, -0.1) is 0 Å². The Bertz CT molecular complexity index is 1020. The number of halogens is 2. The molecule has 31 heavy (non-hydrogen) atoms. The van der Waals surface area contributed by atoms with Crippen LogP contribution in [0.1, 0.15) is 55.3 Å². The Morgan fingerprint density at radius 2 is 1.97 bits per heavy atom. The van der Waals surface area contributed by atoms with Gasteiger partial charge in [-0.3, -0.25) is 9.59 Å². The number of benzene rings is 1. The van der Waals surface area contributed by atoms with Crippen molar-refractivity contribution >= 4 is 17.4 Å². The summed E-state index contributed by atoms with van der Waals surface area (Å²) in [5.41, 5.74) is -1.49. The van der Waals surface area contributed by atoms with Crippen molar-refractivity contribution in [2.24, 2.45) is 11.3 Å². The van der Waals surface area contributed by atoms with Crippen LogP contribution in [0.4, 0.5) is 14.5 Å². The summed E-state index contributed by atoms with van der Waals surface area (Å²) in [6.07, 6.45) is 3.24. The molecule has 6 nitrogen and oxygen atoms in total. The van der Waals surface area contributed by atoms with E-state index < -0.39 is 22.7 Å². The number of rotatable bonds is 4. The number of hydrogen-bond acceptors (Lipinski definition) is 5. The van der Waals surface area contributed by atoms with Crippen molar-refractivity contribution in [1.29, 1.82) is 0 Å². The van der Waals surface area contributed by atoms with Gasteiger partial charge in [0.1, 0.15) is 23.2 Å². The summed E-state index contributed by atoms with van der Waals surface area (Å²) in [6, 6.07) is 4.60. The normalized spacial score (nSPS) is 28.4. The maximum atomic E-state index is 13.7. The number of nitrogens with zero attached hydrogens (tertiary/aromatic N) is 3. The Kier molecular flexibility index (Phi) is 5.37. The van der Waals surface area contributed by atoms with Gasteiger partial charge in [-0.2, -0.15) is 0 Å². The lowest BCUT2D eigenvalue weighted by Crippen LogP contribution is -2.47. The Balaban J connectivity index is 1.56. The number of carbonyl (C=O) groups is 2. The summed E-state index contributed by atoms with van der Waals surface area (Å²) < 4.78 is 27.4. The van der Waals surface area contributed by atoms with E-state index in [0.717, 1.165) is 18.2 Å². The molecule has 1 aliphatic heterocycles. The average molecular weight is 429 g/mol. The number of ketones is 1. The van der Waals surface area contributed by atoms with Crippen LogP contribution in [-0.4, -0.2) is 38.9 Å². The quantitative estimate of drug-likeness (QED) is 0.751. The van der Waals surface area contributed by atoms with Crippen LogP contribution in [-0.2, 0) is 4.79 Å². The summed E-state index contributed by atoms with van der Waals surface area (Å²) in [6.45, 7) is 3.69. The molecule has 0 radical (unpaired) electrons. The zero-order chi connectivity index (χ0) is 22.4. The molecule has 1 aromatic heterocycles. The lowest BCUT2D eigenvalue weighted by atomic mass is 9.62. The topological polar surface area (TPSA) is 83.4 Å². The maximum absolute atomic E-state index is 13.7. The van der Waals surface area contributed by atoms with Crippen LogP contribution < -0.4 is 4.90 Å². The fourth-order valence-corrected chi connectivity index (χ4v) is 5.36. The van der Waals surface area contributed by atoms with E-state index in [1.807, 2.05) is 0 Å². The van der Waals surface area contributed by atoms with Crippen molar-refractivity contribution in [3.05, 3.63) is 53.6 Å². The van der Waals surface area contributed by atoms with E-state index in [2.05, 4.69) is 9.97 Å². The number of carbonyl (C=O) groups excluding carboxylic acids is 2. The third-order valence-corrected chi connectivity index (χ3v) is 6.33. The van der Waals surface area contributed by atoms with E-state index in [-0.39, 0.29) is 36.1 Å². The van der Waals surface area contributed by atoms with Gasteiger partial charge < -0.3 is 10.0 Å². The second kappa shape index (κ2) is 7.75. The molecule has 2 heterocycles. The number of amides is 1. The van der Waals surface area contributed by atoms with Gasteiger partial charge in [0.15, 0.2) is 5.78 Å². The summed E-state index contributed by atoms with van der Waals surface area (Å²) in [7, 11) is 0. The maximum Gasteiger partial charge on any atom is 0.233 e. The molecule has 1 N–H and O–H groups in total. The van der Waals surface area contributed by atoms with Crippen molar-refractivity contribution in [3.8, 4) is 0 Å². The molecule has 3 atom stereocenters. The molecule has 0 bridgehead atoms. The lowest BCUT2D eigenvalue weighted by Gasteiger charge is -2.44. The van der Waals surface area contributed by atoms with E-state index in [4.69, 9.17) is 0 Å². The number of aliphatic hydroxyl groups is 1. The van der Waals surface area contributed by atoms with Crippen LogP contribution >= 0.6 is 0 Å². The van der Waals surface area contributed by atoms with Crippen molar-refractivity contribution in [2.45, 2.75) is 51.6 Å². The third kappa shape index (κ3) is 4.35. The molecule has 2 aliphatic rings. The molecule has 1 aliphatic carbocycles. The average Bonchev–Trinajstić information content (AvgIpc) is 2.95. The van der Waals surface area contributed by atoms with Crippen LogP contribution in [0.5, 0.6) is 0 Å². The molecule has 1 saturated heterocycles. The van der Waals surface area contributed by atoms with Crippen LogP contribution in [0.3, 0.4) is 0 Å². The first-order valence-electron chi connectivity index (χ1n) is 10.4. The molecule has 2 fully saturated rings. The summed E-state index contributed by atoms with van der Waals surface area (Å²) in [5, 5.41) is 10.9. The molecular weight excluding hydrogens is 404 g/mol. The third-order valence-electron chi connectivity index (χ3n) is 6.33. The van der Waals surface area contributed by atoms with Crippen molar-refractivity contribution in [2.75, 3.05) is 11.4 Å². The molecule has 2 aromatic rings. The van der Waals surface area contributed by atoms with Gasteiger partial charge in [-0.25, -0.2) is 18.7 Å². The SMILES string of the molecule is Cc1nccc(C(=O)C[C@@H]2C[C@](C)(O)C[C@@]3(CCN(c4cc(F)cc(F)c4)C3=O)C2)n1.